The maximum Gasteiger partial charge on any atom is 0.282 e. The number of amides is 1. The summed E-state index contributed by atoms with van der Waals surface area (Å²) >= 11 is 6.39. The third-order valence-corrected chi connectivity index (χ3v) is 7.60. The number of carbonyl (C=O) groups is 1. The summed E-state index contributed by atoms with van der Waals surface area (Å²) in [5.74, 6) is -0.0371. The van der Waals surface area contributed by atoms with Gasteiger partial charge < -0.3 is 10.6 Å². The van der Waals surface area contributed by atoms with Gasteiger partial charge in [0.1, 0.15) is 11.4 Å². The first kappa shape index (κ1) is 26.8. The first-order chi connectivity index (χ1) is 19.2. The summed E-state index contributed by atoms with van der Waals surface area (Å²) in [4.78, 5) is 20.3. The van der Waals surface area contributed by atoms with E-state index in [0.29, 0.717) is 29.2 Å². The Morgan fingerprint density at radius 3 is 2.50 bits per heavy atom. The first-order valence-corrected chi connectivity index (χ1v) is 13.8. The van der Waals surface area contributed by atoms with Crippen LogP contribution in [0.4, 0.5) is 17.3 Å². The van der Waals surface area contributed by atoms with Gasteiger partial charge in [0, 0.05) is 18.1 Å². The molecule has 0 spiro atoms. The summed E-state index contributed by atoms with van der Waals surface area (Å²) in [6, 6.07) is 15.4. The molecule has 0 saturated heterocycles. The van der Waals surface area contributed by atoms with Crippen LogP contribution >= 0.6 is 11.6 Å². The van der Waals surface area contributed by atoms with Gasteiger partial charge >= 0.3 is 0 Å². The van der Waals surface area contributed by atoms with Crippen LogP contribution in [0.1, 0.15) is 11.1 Å². The van der Waals surface area contributed by atoms with Crippen molar-refractivity contribution in [3.05, 3.63) is 108 Å². The van der Waals surface area contributed by atoms with Gasteiger partial charge in [-0.3, -0.25) is 9.48 Å². The Morgan fingerprint density at radius 2 is 1.77 bits per heavy atom. The molecule has 13 heteroatoms. The van der Waals surface area contributed by atoms with Gasteiger partial charge in [0.15, 0.2) is 0 Å². The second kappa shape index (κ2) is 11.1. The van der Waals surface area contributed by atoms with Crippen molar-refractivity contribution in [1.29, 1.82) is 0 Å². The molecule has 2 N–H and O–H groups in total. The summed E-state index contributed by atoms with van der Waals surface area (Å²) in [7, 11) is -3.88. The number of benzene rings is 2. The Balaban J connectivity index is 1.32. The molecule has 0 aliphatic rings. The van der Waals surface area contributed by atoms with E-state index < -0.39 is 10.0 Å². The SMILES string of the molecule is C=CC(=O)Nc1ccc(Cn2cc(Nc3ncc(Cl)c(-c4nn(S(=O)(=O)c5ccccc5)cc4C)n3)cn2)cc1. The van der Waals surface area contributed by atoms with E-state index in [9.17, 15) is 13.2 Å². The highest BCUT2D eigenvalue weighted by Crippen LogP contribution is 2.29. The van der Waals surface area contributed by atoms with E-state index in [4.69, 9.17) is 11.6 Å². The zero-order valence-corrected chi connectivity index (χ0v) is 22.8. The molecule has 0 saturated carbocycles. The minimum absolute atomic E-state index is 0.118. The average molecular weight is 575 g/mol. The van der Waals surface area contributed by atoms with Crippen molar-refractivity contribution < 1.29 is 13.2 Å². The van der Waals surface area contributed by atoms with Crippen LogP contribution in [-0.2, 0) is 21.4 Å². The second-order valence-electron chi connectivity index (χ2n) is 8.68. The van der Waals surface area contributed by atoms with Gasteiger partial charge in [0.05, 0.1) is 34.5 Å². The van der Waals surface area contributed by atoms with Gasteiger partial charge in [-0.05, 0) is 48.4 Å². The van der Waals surface area contributed by atoms with Crippen molar-refractivity contribution in [3.63, 3.8) is 0 Å². The number of halogens is 1. The molecule has 0 atom stereocenters. The van der Waals surface area contributed by atoms with Crippen LogP contribution in [0.25, 0.3) is 11.4 Å². The molecule has 11 nitrogen and oxygen atoms in total. The number of anilines is 3. The smallest absolute Gasteiger partial charge is 0.282 e. The molecule has 0 radical (unpaired) electrons. The lowest BCUT2D eigenvalue weighted by Crippen LogP contribution is -2.13. The molecule has 202 valence electrons. The van der Waals surface area contributed by atoms with E-state index >= 15 is 0 Å². The minimum atomic E-state index is -3.88. The minimum Gasteiger partial charge on any atom is -0.323 e. The highest BCUT2D eigenvalue weighted by atomic mass is 35.5. The Bertz CT molecular complexity index is 1800. The molecule has 3 heterocycles. The number of hydrogen-bond donors (Lipinski definition) is 2. The molecule has 0 unspecified atom stereocenters. The molecule has 0 aliphatic heterocycles. The standard InChI is InChI=1S/C27H23ClN8O3S/c1-3-24(37)31-20-11-9-19(10-12-20)16-35-17-21(13-30-35)32-27-29-14-23(28)26(33-27)25-18(2)15-36(34-25)40(38,39)22-7-5-4-6-8-22/h3-15,17H,1,16H2,2H3,(H,31,37)(H,29,32,33). The number of nitrogens with one attached hydrogen (secondary N) is 2. The summed E-state index contributed by atoms with van der Waals surface area (Å²) in [6.45, 7) is 5.67. The van der Waals surface area contributed by atoms with Crippen molar-refractivity contribution in [1.82, 2.24) is 28.9 Å². The van der Waals surface area contributed by atoms with E-state index in [1.165, 1.54) is 30.6 Å². The zero-order valence-electron chi connectivity index (χ0n) is 21.2. The molecule has 3 aromatic heterocycles. The normalized spacial score (nSPS) is 11.2. The molecule has 0 fully saturated rings. The lowest BCUT2D eigenvalue weighted by molar-refractivity contribution is -0.111. The van der Waals surface area contributed by atoms with E-state index in [-0.39, 0.29) is 27.5 Å². The maximum atomic E-state index is 13.0. The Hall–Kier alpha value is -4.81. The monoisotopic (exact) mass is 574 g/mol. The van der Waals surface area contributed by atoms with Crippen LogP contribution in [0, 0.1) is 6.92 Å². The summed E-state index contributed by atoms with van der Waals surface area (Å²) in [5.41, 5.74) is 3.47. The van der Waals surface area contributed by atoms with Crippen LogP contribution in [0.15, 0.2) is 96.9 Å². The fourth-order valence-electron chi connectivity index (χ4n) is 3.80. The number of rotatable bonds is 9. The van der Waals surface area contributed by atoms with Gasteiger partial charge in [-0.15, -0.1) is 0 Å². The molecule has 5 aromatic rings. The topological polar surface area (TPSA) is 137 Å². The third-order valence-electron chi connectivity index (χ3n) is 5.77. The fourth-order valence-corrected chi connectivity index (χ4v) is 5.19. The molecule has 0 bridgehead atoms. The van der Waals surface area contributed by atoms with Crippen LogP contribution in [0.2, 0.25) is 5.02 Å². The van der Waals surface area contributed by atoms with Gasteiger partial charge in [-0.25, -0.2) is 9.97 Å². The first-order valence-electron chi connectivity index (χ1n) is 11.9. The molecule has 1 amide bonds. The molecular formula is C27H23ClN8O3S. The highest BCUT2D eigenvalue weighted by Gasteiger charge is 2.22. The predicted octanol–water partition coefficient (Wildman–Crippen LogP) is 4.65. The highest BCUT2D eigenvalue weighted by molar-refractivity contribution is 7.89. The number of aryl methyl sites for hydroxylation is 1. The quantitative estimate of drug-likeness (QED) is 0.243. The molecular weight excluding hydrogens is 552 g/mol. The zero-order chi connectivity index (χ0) is 28.3. The number of aromatic nitrogens is 6. The lowest BCUT2D eigenvalue weighted by atomic mass is 10.2. The number of nitrogens with zero attached hydrogens (tertiary/aromatic N) is 6. The van der Waals surface area contributed by atoms with Crippen molar-refractivity contribution >= 4 is 44.9 Å². The Morgan fingerprint density at radius 1 is 1.02 bits per heavy atom. The molecule has 5 rings (SSSR count). The van der Waals surface area contributed by atoms with Gasteiger partial charge in [-0.1, -0.05) is 48.5 Å². The largest absolute Gasteiger partial charge is 0.323 e. The van der Waals surface area contributed by atoms with Crippen LogP contribution in [0.5, 0.6) is 0 Å². The Labute approximate surface area is 235 Å². The van der Waals surface area contributed by atoms with Crippen molar-refractivity contribution in [2.45, 2.75) is 18.4 Å². The van der Waals surface area contributed by atoms with E-state index in [2.05, 4.69) is 37.4 Å². The van der Waals surface area contributed by atoms with Crippen molar-refractivity contribution in [3.8, 4) is 11.4 Å². The van der Waals surface area contributed by atoms with Crippen LogP contribution in [0.3, 0.4) is 0 Å². The van der Waals surface area contributed by atoms with E-state index in [0.717, 1.165) is 9.65 Å². The van der Waals surface area contributed by atoms with Crippen molar-refractivity contribution in [2.24, 2.45) is 0 Å². The van der Waals surface area contributed by atoms with Crippen molar-refractivity contribution in [2.75, 3.05) is 10.6 Å². The maximum absolute atomic E-state index is 13.0. The summed E-state index contributed by atoms with van der Waals surface area (Å²) in [6.07, 6.45) is 7.48. The lowest BCUT2D eigenvalue weighted by Gasteiger charge is -2.07. The average Bonchev–Trinajstić information content (AvgIpc) is 3.57. The fraction of sp³-hybridized carbons (Fsp3) is 0.0741. The summed E-state index contributed by atoms with van der Waals surface area (Å²) in [5, 5.41) is 14.7. The summed E-state index contributed by atoms with van der Waals surface area (Å²) < 4.78 is 28.7. The number of carbonyl (C=O) groups excluding carboxylic acids is 1. The molecule has 0 aliphatic carbocycles. The van der Waals surface area contributed by atoms with E-state index in [1.54, 1.807) is 54.3 Å². The molecule has 2 aromatic carbocycles. The van der Waals surface area contributed by atoms with Gasteiger partial charge in [-0.2, -0.15) is 22.7 Å². The predicted molar refractivity (Wildman–Crippen MR) is 152 cm³/mol. The third kappa shape index (κ3) is 5.77. The Kier molecular flexibility index (Phi) is 7.45. The number of hydrogen-bond acceptors (Lipinski definition) is 8. The van der Waals surface area contributed by atoms with E-state index in [1.807, 2.05) is 12.1 Å². The van der Waals surface area contributed by atoms with Gasteiger partial charge in [0.25, 0.3) is 10.0 Å². The molecule has 40 heavy (non-hydrogen) atoms. The van der Waals surface area contributed by atoms with Gasteiger partial charge in [0.2, 0.25) is 11.9 Å². The van der Waals surface area contributed by atoms with Crippen LogP contribution < -0.4 is 10.6 Å². The second-order valence-corrected chi connectivity index (χ2v) is 10.9. The van der Waals surface area contributed by atoms with Crippen LogP contribution in [-0.4, -0.2) is 43.3 Å².